The third-order valence-corrected chi connectivity index (χ3v) is 4.60. The zero-order valence-corrected chi connectivity index (χ0v) is 13.7. The van der Waals surface area contributed by atoms with Crippen LogP contribution in [0.25, 0.3) is 11.1 Å². The molecule has 1 aliphatic rings. The molecule has 0 bridgehead atoms. The first-order chi connectivity index (χ1) is 11.8. The lowest BCUT2D eigenvalue weighted by Crippen LogP contribution is -2.47. The second kappa shape index (κ2) is 6.53. The van der Waals surface area contributed by atoms with Gasteiger partial charge in [0.05, 0.1) is 0 Å². The summed E-state index contributed by atoms with van der Waals surface area (Å²) in [4.78, 5) is 9.30. The molecule has 0 unspecified atom stereocenters. The van der Waals surface area contributed by atoms with Gasteiger partial charge < -0.3 is 15.1 Å². The lowest BCUT2D eigenvalue weighted by Gasteiger charge is -2.33. The standard InChI is InChI=1S/C19H22N4O/c20-16-6-7-18-17(14-16)21-19(24-18)23-12-10-22(11-13-23)9-8-15-4-2-1-3-5-15/h1-7,14H,8-13,20H2. The fourth-order valence-electron chi connectivity index (χ4n) is 3.16. The summed E-state index contributed by atoms with van der Waals surface area (Å²) in [6.07, 6.45) is 1.10. The zero-order chi connectivity index (χ0) is 16.4. The number of rotatable bonds is 4. The number of nitrogens with zero attached hydrogens (tertiary/aromatic N) is 3. The van der Waals surface area contributed by atoms with Crippen LogP contribution in [0.1, 0.15) is 5.56 Å². The molecule has 5 nitrogen and oxygen atoms in total. The molecule has 1 aliphatic heterocycles. The number of fused-ring (bicyclic) bond motifs is 1. The summed E-state index contributed by atoms with van der Waals surface area (Å²) in [5.74, 6) is 0. The second-order valence-corrected chi connectivity index (χ2v) is 6.29. The summed E-state index contributed by atoms with van der Waals surface area (Å²) in [6.45, 7) is 5.05. The Bertz CT molecular complexity index is 807. The van der Waals surface area contributed by atoms with Gasteiger partial charge in [0.25, 0.3) is 6.01 Å². The molecule has 2 aromatic carbocycles. The van der Waals surface area contributed by atoms with Gasteiger partial charge in [-0.05, 0) is 30.2 Å². The highest BCUT2D eigenvalue weighted by Gasteiger charge is 2.20. The summed E-state index contributed by atoms with van der Waals surface area (Å²) >= 11 is 0. The Kier molecular flexibility index (Phi) is 4.09. The lowest BCUT2D eigenvalue weighted by atomic mass is 10.1. The van der Waals surface area contributed by atoms with E-state index in [4.69, 9.17) is 10.2 Å². The number of benzene rings is 2. The van der Waals surface area contributed by atoms with Crippen LogP contribution in [0.2, 0.25) is 0 Å². The Morgan fingerprint density at radius 2 is 1.79 bits per heavy atom. The van der Waals surface area contributed by atoms with E-state index < -0.39 is 0 Å². The smallest absolute Gasteiger partial charge is 0.298 e. The van der Waals surface area contributed by atoms with Crippen molar-refractivity contribution in [2.75, 3.05) is 43.4 Å². The zero-order valence-electron chi connectivity index (χ0n) is 13.7. The molecule has 1 saturated heterocycles. The van der Waals surface area contributed by atoms with Crippen molar-refractivity contribution in [3.05, 3.63) is 54.1 Å². The Morgan fingerprint density at radius 1 is 1.00 bits per heavy atom. The van der Waals surface area contributed by atoms with Gasteiger partial charge in [-0.1, -0.05) is 30.3 Å². The normalized spacial score (nSPS) is 15.9. The molecule has 0 saturated carbocycles. The number of oxazole rings is 1. The molecular weight excluding hydrogens is 300 g/mol. The van der Waals surface area contributed by atoms with Crippen molar-refractivity contribution in [3.8, 4) is 0 Å². The largest absolute Gasteiger partial charge is 0.423 e. The van der Waals surface area contributed by atoms with Gasteiger partial charge in [0, 0.05) is 38.4 Å². The molecule has 2 heterocycles. The first-order valence-electron chi connectivity index (χ1n) is 8.45. The molecule has 0 radical (unpaired) electrons. The molecule has 1 aromatic heterocycles. The van der Waals surface area contributed by atoms with Crippen molar-refractivity contribution in [1.29, 1.82) is 0 Å². The highest BCUT2D eigenvalue weighted by molar-refractivity contribution is 5.78. The number of nitrogen functional groups attached to an aromatic ring is 1. The van der Waals surface area contributed by atoms with Crippen LogP contribution in [0.4, 0.5) is 11.7 Å². The first kappa shape index (κ1) is 15.0. The van der Waals surface area contributed by atoms with Gasteiger partial charge >= 0.3 is 0 Å². The number of anilines is 2. The predicted molar refractivity (Wildman–Crippen MR) is 97.2 cm³/mol. The minimum Gasteiger partial charge on any atom is -0.423 e. The van der Waals surface area contributed by atoms with E-state index in [2.05, 4.69) is 45.1 Å². The molecule has 0 aliphatic carbocycles. The van der Waals surface area contributed by atoms with Crippen molar-refractivity contribution < 1.29 is 4.42 Å². The van der Waals surface area contributed by atoms with Crippen LogP contribution in [-0.2, 0) is 6.42 Å². The van der Waals surface area contributed by atoms with E-state index in [0.29, 0.717) is 11.7 Å². The second-order valence-electron chi connectivity index (χ2n) is 6.29. The van der Waals surface area contributed by atoms with E-state index in [-0.39, 0.29) is 0 Å². The molecule has 124 valence electrons. The average molecular weight is 322 g/mol. The molecule has 2 N–H and O–H groups in total. The summed E-state index contributed by atoms with van der Waals surface area (Å²) in [5, 5.41) is 0. The third-order valence-electron chi connectivity index (χ3n) is 4.60. The monoisotopic (exact) mass is 322 g/mol. The molecule has 1 fully saturated rings. The number of hydrogen-bond donors (Lipinski definition) is 1. The Hall–Kier alpha value is -2.53. The molecule has 0 atom stereocenters. The van der Waals surface area contributed by atoms with Gasteiger partial charge in [-0.3, -0.25) is 4.90 Å². The number of hydrogen-bond acceptors (Lipinski definition) is 5. The van der Waals surface area contributed by atoms with Crippen molar-refractivity contribution in [3.63, 3.8) is 0 Å². The van der Waals surface area contributed by atoms with Crippen molar-refractivity contribution in [1.82, 2.24) is 9.88 Å². The van der Waals surface area contributed by atoms with Gasteiger partial charge in [-0.25, -0.2) is 0 Å². The van der Waals surface area contributed by atoms with Crippen LogP contribution >= 0.6 is 0 Å². The minimum atomic E-state index is 0.707. The van der Waals surface area contributed by atoms with Gasteiger partial charge in [-0.15, -0.1) is 0 Å². The van der Waals surface area contributed by atoms with Crippen LogP contribution in [0.3, 0.4) is 0 Å². The fraction of sp³-hybridized carbons (Fsp3) is 0.316. The lowest BCUT2D eigenvalue weighted by molar-refractivity contribution is 0.256. The Morgan fingerprint density at radius 3 is 2.58 bits per heavy atom. The maximum atomic E-state index is 5.87. The van der Waals surface area contributed by atoms with Crippen molar-refractivity contribution >= 4 is 22.8 Å². The van der Waals surface area contributed by atoms with E-state index in [1.807, 2.05) is 18.2 Å². The fourth-order valence-corrected chi connectivity index (χ4v) is 3.16. The predicted octanol–water partition coefficient (Wildman–Crippen LogP) is 2.77. The topological polar surface area (TPSA) is 58.5 Å². The van der Waals surface area contributed by atoms with Crippen LogP contribution < -0.4 is 10.6 Å². The quantitative estimate of drug-likeness (QED) is 0.749. The van der Waals surface area contributed by atoms with Gasteiger partial charge in [-0.2, -0.15) is 4.98 Å². The number of nitrogens with two attached hydrogens (primary N) is 1. The van der Waals surface area contributed by atoms with Crippen LogP contribution in [-0.4, -0.2) is 42.6 Å². The molecular formula is C19H22N4O. The summed E-state index contributed by atoms with van der Waals surface area (Å²) in [7, 11) is 0. The van der Waals surface area contributed by atoms with Gasteiger partial charge in [0.15, 0.2) is 5.58 Å². The molecule has 3 aromatic rings. The third kappa shape index (κ3) is 3.21. The van der Waals surface area contributed by atoms with E-state index >= 15 is 0 Å². The summed E-state index contributed by atoms with van der Waals surface area (Å²) in [5.41, 5.74) is 9.55. The number of piperazine rings is 1. The Balaban J connectivity index is 1.35. The van der Waals surface area contributed by atoms with E-state index in [1.165, 1.54) is 5.56 Å². The summed E-state index contributed by atoms with van der Waals surface area (Å²) < 4.78 is 5.87. The highest BCUT2D eigenvalue weighted by Crippen LogP contribution is 2.24. The molecule has 24 heavy (non-hydrogen) atoms. The van der Waals surface area contributed by atoms with Crippen LogP contribution in [0, 0.1) is 0 Å². The van der Waals surface area contributed by atoms with Gasteiger partial charge in [0.2, 0.25) is 0 Å². The summed E-state index contributed by atoms with van der Waals surface area (Å²) in [6, 6.07) is 17.0. The van der Waals surface area contributed by atoms with Crippen LogP contribution in [0.15, 0.2) is 52.9 Å². The molecule has 5 heteroatoms. The molecule has 4 rings (SSSR count). The van der Waals surface area contributed by atoms with E-state index in [9.17, 15) is 0 Å². The Labute approximate surface area is 141 Å². The van der Waals surface area contributed by atoms with E-state index in [0.717, 1.165) is 50.2 Å². The van der Waals surface area contributed by atoms with Gasteiger partial charge in [0.1, 0.15) is 5.52 Å². The SMILES string of the molecule is Nc1ccc2oc(N3CCN(CCc4ccccc4)CC3)nc2c1. The van der Waals surface area contributed by atoms with Crippen molar-refractivity contribution in [2.45, 2.75) is 6.42 Å². The van der Waals surface area contributed by atoms with E-state index in [1.54, 1.807) is 0 Å². The number of aromatic nitrogens is 1. The minimum absolute atomic E-state index is 0.707. The van der Waals surface area contributed by atoms with Crippen molar-refractivity contribution in [2.24, 2.45) is 0 Å². The maximum Gasteiger partial charge on any atom is 0.298 e. The molecule has 0 spiro atoms. The maximum absolute atomic E-state index is 5.87. The average Bonchev–Trinajstić information content (AvgIpc) is 3.04. The van der Waals surface area contributed by atoms with Crippen LogP contribution in [0.5, 0.6) is 0 Å². The first-order valence-corrected chi connectivity index (χ1v) is 8.45. The molecule has 0 amide bonds. The highest BCUT2D eigenvalue weighted by atomic mass is 16.4.